The Hall–Kier alpha value is -6.01. The van der Waals surface area contributed by atoms with E-state index in [9.17, 15) is 18.0 Å². The number of carbonyl (C=O) groups is 2. The van der Waals surface area contributed by atoms with Crippen LogP contribution in [-0.2, 0) is 24.7 Å². The van der Waals surface area contributed by atoms with Crippen LogP contribution < -0.4 is 4.74 Å². The summed E-state index contributed by atoms with van der Waals surface area (Å²) in [4.78, 5) is 55.9. The van der Waals surface area contributed by atoms with Crippen molar-refractivity contribution in [1.29, 1.82) is 0 Å². The molecule has 0 atom stereocenters. The van der Waals surface area contributed by atoms with Crippen LogP contribution in [0, 0.1) is 7.14 Å². The van der Waals surface area contributed by atoms with E-state index in [2.05, 4.69) is 116 Å². The van der Waals surface area contributed by atoms with Crippen LogP contribution in [0.1, 0.15) is 106 Å². The maximum absolute atomic E-state index is 12.7. The molecule has 77 heavy (non-hydrogen) atoms. The zero-order chi connectivity index (χ0) is 55.5. The van der Waals surface area contributed by atoms with Gasteiger partial charge in [0, 0.05) is 75.2 Å². The fourth-order valence-corrected chi connectivity index (χ4v) is 10.3. The lowest BCUT2D eigenvalue weighted by molar-refractivity contribution is 0.0178. The van der Waals surface area contributed by atoms with Gasteiger partial charge in [-0.2, -0.15) is 4.98 Å². The summed E-state index contributed by atoms with van der Waals surface area (Å²) in [5.41, 5.74) is 6.44. The minimum absolute atomic E-state index is 0.00393. The van der Waals surface area contributed by atoms with E-state index in [0.29, 0.717) is 56.2 Å². The smallest absolute Gasteiger partial charge is 0.410 e. The van der Waals surface area contributed by atoms with Crippen molar-refractivity contribution in [3.8, 4) is 57.1 Å². The number of hydrogen-bond acceptors (Lipinski definition) is 13. The van der Waals surface area contributed by atoms with Gasteiger partial charge in [0.1, 0.15) is 17.0 Å². The summed E-state index contributed by atoms with van der Waals surface area (Å²) < 4.78 is 48.1. The second-order valence-corrected chi connectivity index (χ2v) is 26.6. The number of aromatic nitrogens is 8. The van der Waals surface area contributed by atoms with Gasteiger partial charge in [0.15, 0.2) is 0 Å². The number of rotatable bonds is 9. The maximum atomic E-state index is 12.7. The summed E-state index contributed by atoms with van der Waals surface area (Å²) >= 11 is 4.56. The van der Waals surface area contributed by atoms with Gasteiger partial charge in [-0.15, -0.1) is 0 Å². The van der Waals surface area contributed by atoms with Crippen LogP contribution >= 0.6 is 45.2 Å². The van der Waals surface area contributed by atoms with Crippen molar-refractivity contribution in [3.05, 3.63) is 123 Å². The SMILES string of the molecule is CC(C)(C)OC(=O)N1CCC(n2cnc(-c3ccc(I)cc3)c2-c2ccnc(Oc3cccc(C(C)(C)C)c3)n2)CC1.CC(C)(C)OC(=O)N1CCC(n2cnc(-c3ccc(I)cc3)c2-c2ccnc(S(C)(=O)=O)n2)CC1. The van der Waals surface area contributed by atoms with Gasteiger partial charge in [-0.3, -0.25) is 0 Å². The molecule has 0 saturated carbocycles. The molecule has 0 aliphatic carbocycles. The molecule has 4 aromatic heterocycles. The number of imidazole rings is 2. The Kier molecular flexibility index (Phi) is 17.5. The summed E-state index contributed by atoms with van der Waals surface area (Å²) in [5, 5.41) is -0.226. The number of ether oxygens (including phenoxy) is 3. The summed E-state index contributed by atoms with van der Waals surface area (Å²) in [6.07, 6.45) is 10.3. The highest BCUT2D eigenvalue weighted by Gasteiger charge is 2.32. The molecule has 17 nitrogen and oxygen atoms in total. The van der Waals surface area contributed by atoms with E-state index in [-0.39, 0.29) is 40.9 Å². The van der Waals surface area contributed by atoms with Crippen LogP contribution in [0.3, 0.4) is 0 Å². The number of sulfone groups is 1. The Labute approximate surface area is 478 Å². The number of likely N-dealkylation sites (tertiary alicyclic amines) is 2. The van der Waals surface area contributed by atoms with Crippen LogP contribution in [-0.4, -0.2) is 113 Å². The third-order valence-electron chi connectivity index (χ3n) is 12.8. The van der Waals surface area contributed by atoms with Gasteiger partial charge in [0.05, 0.1) is 46.8 Å². The second kappa shape index (κ2) is 23.5. The standard InChI is InChI=1S/C33H38IN5O3.C24H28IN5O4S/c1-32(2,3)23-8-7-9-26(20-23)41-30-35-17-14-27(37-30)29-28(22-10-12-24(34)13-11-22)36-21-39(29)25-15-18-38(19-16-25)31(40)42-33(4,5)6;1-24(2,3)34-23(31)29-13-10-18(11-14-29)30-15-27-20(16-5-7-17(25)8-6-16)21(30)19-9-12-26-22(28-19)35(4,32)33/h7-14,17,20-21,25H,15-16,18-19H2,1-6H3;5-9,12,15,18H,10-11,13-14H2,1-4H3. The number of halogens is 2. The Morgan fingerprint density at radius 1 is 0.584 bits per heavy atom. The van der Waals surface area contributed by atoms with Gasteiger partial charge in [-0.25, -0.2) is 42.9 Å². The van der Waals surface area contributed by atoms with E-state index >= 15 is 0 Å². The molecule has 6 heterocycles. The van der Waals surface area contributed by atoms with Gasteiger partial charge in [-0.05, 0) is 172 Å². The fourth-order valence-electron chi connectivity index (χ4n) is 9.03. The molecule has 3 aromatic carbocycles. The number of amides is 2. The summed E-state index contributed by atoms with van der Waals surface area (Å²) in [5.74, 6) is 0.695. The molecule has 0 spiro atoms. The van der Waals surface area contributed by atoms with E-state index in [0.717, 1.165) is 60.1 Å². The Bertz CT molecular complexity index is 3310. The van der Waals surface area contributed by atoms with Crippen molar-refractivity contribution in [2.24, 2.45) is 0 Å². The molecule has 0 N–H and O–H groups in total. The number of nitrogens with zero attached hydrogens (tertiary/aromatic N) is 10. The number of benzene rings is 3. The molecular weight excluding hydrogens is 1220 g/mol. The van der Waals surface area contributed by atoms with Gasteiger partial charge < -0.3 is 33.1 Å². The van der Waals surface area contributed by atoms with Crippen molar-refractivity contribution in [3.63, 3.8) is 0 Å². The van der Waals surface area contributed by atoms with Crippen LogP contribution in [0.5, 0.6) is 11.8 Å². The molecule has 7 aromatic rings. The number of hydrogen-bond donors (Lipinski definition) is 0. The lowest BCUT2D eigenvalue weighted by Gasteiger charge is -2.34. The zero-order valence-electron chi connectivity index (χ0n) is 45.2. The largest absolute Gasteiger partial charge is 0.444 e. The molecule has 2 aliphatic heterocycles. The minimum Gasteiger partial charge on any atom is -0.444 e. The van der Waals surface area contributed by atoms with Gasteiger partial charge in [0.2, 0.25) is 15.0 Å². The third-order valence-corrected chi connectivity index (χ3v) is 15.1. The van der Waals surface area contributed by atoms with Crippen molar-refractivity contribution in [2.45, 2.75) is 122 Å². The number of piperidine rings is 2. The summed E-state index contributed by atoms with van der Waals surface area (Å²) in [7, 11) is -3.58. The predicted octanol–water partition coefficient (Wildman–Crippen LogP) is 12.9. The van der Waals surface area contributed by atoms with Crippen molar-refractivity contribution >= 4 is 67.2 Å². The first-order chi connectivity index (χ1) is 36.3. The molecule has 2 fully saturated rings. The molecule has 9 rings (SSSR count). The molecule has 2 aliphatic rings. The summed E-state index contributed by atoms with van der Waals surface area (Å²) in [6.45, 7) is 20.1. The third kappa shape index (κ3) is 14.8. The quantitative estimate of drug-likeness (QED) is 0.0981. The Balaban J connectivity index is 0.000000207. The van der Waals surface area contributed by atoms with Crippen molar-refractivity contribution in [1.82, 2.24) is 48.8 Å². The van der Waals surface area contributed by atoms with Gasteiger partial charge in [-0.1, -0.05) is 57.2 Å². The molecular formula is C57H66I2N10O7S. The number of carbonyl (C=O) groups excluding carboxylic acids is 2. The molecule has 0 bridgehead atoms. The topological polar surface area (TPSA) is 190 Å². The zero-order valence-corrected chi connectivity index (χ0v) is 50.3. The van der Waals surface area contributed by atoms with E-state index in [1.165, 1.54) is 11.8 Å². The Morgan fingerprint density at radius 3 is 1.45 bits per heavy atom. The van der Waals surface area contributed by atoms with E-state index in [1.807, 2.05) is 101 Å². The Morgan fingerprint density at radius 2 is 1.03 bits per heavy atom. The van der Waals surface area contributed by atoms with Crippen molar-refractivity contribution < 1.29 is 32.2 Å². The fraction of sp³-hybridized carbons (Fsp3) is 0.404. The lowest BCUT2D eigenvalue weighted by atomic mass is 9.87. The van der Waals surface area contributed by atoms with Gasteiger partial charge in [0.25, 0.3) is 0 Å². The molecule has 2 amide bonds. The van der Waals surface area contributed by atoms with Gasteiger partial charge >= 0.3 is 18.2 Å². The predicted molar refractivity (Wildman–Crippen MR) is 313 cm³/mol. The first kappa shape index (κ1) is 57.2. The second-order valence-electron chi connectivity index (χ2n) is 22.2. The molecule has 406 valence electrons. The first-order valence-electron chi connectivity index (χ1n) is 25.6. The van der Waals surface area contributed by atoms with E-state index in [1.54, 1.807) is 28.4 Å². The van der Waals surface area contributed by atoms with Crippen molar-refractivity contribution in [2.75, 3.05) is 32.4 Å². The molecule has 2 saturated heterocycles. The van der Waals surface area contributed by atoms with E-state index < -0.39 is 21.0 Å². The highest BCUT2D eigenvalue weighted by atomic mass is 127. The lowest BCUT2D eigenvalue weighted by Crippen LogP contribution is -2.42. The summed E-state index contributed by atoms with van der Waals surface area (Å²) in [6, 6.07) is 28.4. The average molecular weight is 1290 g/mol. The highest BCUT2D eigenvalue weighted by molar-refractivity contribution is 14.1. The first-order valence-corrected chi connectivity index (χ1v) is 29.6. The molecule has 0 unspecified atom stereocenters. The van der Waals surface area contributed by atoms with Crippen LogP contribution in [0.15, 0.2) is 115 Å². The van der Waals surface area contributed by atoms with Crippen LogP contribution in [0.4, 0.5) is 9.59 Å². The van der Waals surface area contributed by atoms with Crippen LogP contribution in [0.2, 0.25) is 0 Å². The maximum Gasteiger partial charge on any atom is 0.410 e. The molecule has 0 radical (unpaired) electrons. The molecule has 20 heteroatoms. The van der Waals surface area contributed by atoms with E-state index in [4.69, 9.17) is 29.2 Å². The average Bonchev–Trinajstić information content (AvgIpc) is 4.03. The minimum atomic E-state index is -3.58. The monoisotopic (exact) mass is 1290 g/mol. The van der Waals surface area contributed by atoms with Crippen LogP contribution in [0.25, 0.3) is 45.3 Å². The normalized spacial score (nSPS) is 14.9. The highest BCUT2D eigenvalue weighted by Crippen LogP contribution is 2.39.